The van der Waals surface area contributed by atoms with Gasteiger partial charge in [0.05, 0.1) is 12.3 Å². The second kappa shape index (κ2) is 6.90. The molecule has 1 aliphatic heterocycles. The summed E-state index contributed by atoms with van der Waals surface area (Å²) in [6, 6.07) is 9.67. The first-order valence-electron chi connectivity index (χ1n) is 9.23. The Kier molecular flexibility index (Phi) is 4.47. The zero-order chi connectivity index (χ0) is 17.2. The smallest absolute Gasteiger partial charge is 0.253 e. The highest BCUT2D eigenvalue weighted by molar-refractivity contribution is 5.94. The first-order chi connectivity index (χ1) is 12.2. The molecule has 5 nitrogen and oxygen atoms in total. The van der Waals surface area contributed by atoms with Gasteiger partial charge in [0.2, 0.25) is 0 Å². The predicted molar refractivity (Wildman–Crippen MR) is 95.9 cm³/mol. The molecule has 1 atom stereocenters. The van der Waals surface area contributed by atoms with Crippen molar-refractivity contribution in [2.45, 2.75) is 38.5 Å². The summed E-state index contributed by atoms with van der Waals surface area (Å²) in [5.41, 5.74) is 2.87. The van der Waals surface area contributed by atoms with Crippen molar-refractivity contribution < 1.29 is 9.53 Å². The molecule has 5 heteroatoms. The average molecular weight is 339 g/mol. The van der Waals surface area contributed by atoms with Gasteiger partial charge in [0, 0.05) is 30.3 Å². The van der Waals surface area contributed by atoms with E-state index in [1.807, 2.05) is 36.1 Å². The van der Waals surface area contributed by atoms with Gasteiger partial charge in [-0.2, -0.15) is 5.10 Å². The standard InChI is InChI=1S/C20H25N3O2/c1-14-11-19(22-21-14)17-3-2-10-23(12-17)20(24)16-6-8-18(9-7-16)25-13-15-4-5-15/h6-9,11,15,17H,2-5,10,12-13H2,1H3,(H,21,22). The van der Waals surface area contributed by atoms with Crippen LogP contribution in [0, 0.1) is 12.8 Å². The number of hydrogen-bond acceptors (Lipinski definition) is 3. The number of H-pyrrole nitrogens is 1. The molecule has 0 radical (unpaired) electrons. The number of amides is 1. The van der Waals surface area contributed by atoms with Crippen LogP contribution >= 0.6 is 0 Å². The van der Waals surface area contributed by atoms with Gasteiger partial charge in [-0.05, 0) is 68.9 Å². The van der Waals surface area contributed by atoms with Gasteiger partial charge in [0.1, 0.15) is 5.75 Å². The van der Waals surface area contributed by atoms with Gasteiger partial charge in [0.15, 0.2) is 0 Å². The zero-order valence-corrected chi connectivity index (χ0v) is 14.7. The fraction of sp³-hybridized carbons (Fsp3) is 0.500. The third kappa shape index (κ3) is 3.86. The first kappa shape index (κ1) is 16.2. The number of nitrogens with one attached hydrogen (secondary N) is 1. The SMILES string of the molecule is Cc1cc(C2CCCN(C(=O)c3ccc(OCC4CC4)cc3)C2)n[nH]1. The van der Waals surface area contributed by atoms with E-state index >= 15 is 0 Å². The molecule has 1 saturated carbocycles. The van der Waals surface area contributed by atoms with Crippen LogP contribution in [0.5, 0.6) is 5.75 Å². The first-order valence-corrected chi connectivity index (χ1v) is 9.23. The van der Waals surface area contributed by atoms with Gasteiger partial charge in [-0.3, -0.25) is 9.89 Å². The number of piperidine rings is 1. The number of aryl methyl sites for hydroxylation is 1. The molecule has 1 aromatic carbocycles. The summed E-state index contributed by atoms with van der Waals surface area (Å²) in [5.74, 6) is 2.01. The van der Waals surface area contributed by atoms with Gasteiger partial charge in [0.25, 0.3) is 5.91 Å². The monoisotopic (exact) mass is 339 g/mol. The lowest BCUT2D eigenvalue weighted by Crippen LogP contribution is -2.39. The van der Waals surface area contributed by atoms with Crippen molar-refractivity contribution >= 4 is 5.91 Å². The van der Waals surface area contributed by atoms with E-state index in [0.717, 1.165) is 61.2 Å². The van der Waals surface area contributed by atoms with Gasteiger partial charge in [-0.25, -0.2) is 0 Å². The fourth-order valence-corrected chi connectivity index (χ4v) is 3.43. The Morgan fingerprint density at radius 1 is 1.28 bits per heavy atom. The van der Waals surface area contributed by atoms with Crippen molar-refractivity contribution in [2.24, 2.45) is 5.92 Å². The molecular weight excluding hydrogens is 314 g/mol. The van der Waals surface area contributed by atoms with Crippen LogP contribution in [0.3, 0.4) is 0 Å². The molecule has 2 heterocycles. The summed E-state index contributed by atoms with van der Waals surface area (Å²) in [4.78, 5) is 14.8. The number of benzene rings is 1. The van der Waals surface area contributed by atoms with Crippen LogP contribution in [0.25, 0.3) is 0 Å². The molecule has 1 saturated heterocycles. The predicted octanol–water partition coefficient (Wildman–Crippen LogP) is 3.53. The number of aromatic amines is 1. The topological polar surface area (TPSA) is 58.2 Å². The normalized spacial score (nSPS) is 20.5. The Hall–Kier alpha value is -2.30. The molecule has 0 bridgehead atoms. The number of carbonyl (C=O) groups excluding carboxylic acids is 1. The van der Waals surface area contributed by atoms with E-state index in [4.69, 9.17) is 4.74 Å². The van der Waals surface area contributed by atoms with E-state index in [1.165, 1.54) is 12.8 Å². The summed E-state index contributed by atoms with van der Waals surface area (Å²) in [5, 5.41) is 7.38. The Morgan fingerprint density at radius 3 is 2.76 bits per heavy atom. The summed E-state index contributed by atoms with van der Waals surface area (Å²) < 4.78 is 5.75. The van der Waals surface area contributed by atoms with Gasteiger partial charge >= 0.3 is 0 Å². The Bertz CT molecular complexity index is 734. The number of nitrogens with zero attached hydrogens (tertiary/aromatic N) is 2. The van der Waals surface area contributed by atoms with Crippen molar-refractivity contribution in [1.82, 2.24) is 15.1 Å². The summed E-state index contributed by atoms with van der Waals surface area (Å²) in [7, 11) is 0. The highest BCUT2D eigenvalue weighted by Gasteiger charge is 2.27. The van der Waals surface area contributed by atoms with Crippen molar-refractivity contribution in [3.63, 3.8) is 0 Å². The summed E-state index contributed by atoms with van der Waals surface area (Å²) >= 11 is 0. The van der Waals surface area contributed by atoms with Crippen molar-refractivity contribution in [3.8, 4) is 5.75 Å². The number of ether oxygens (including phenoxy) is 1. The maximum atomic E-state index is 12.8. The quantitative estimate of drug-likeness (QED) is 0.906. The molecular formula is C20H25N3O2. The molecule has 2 aromatic rings. The largest absolute Gasteiger partial charge is 0.493 e. The summed E-state index contributed by atoms with van der Waals surface area (Å²) in [6.45, 7) is 4.36. The zero-order valence-electron chi connectivity index (χ0n) is 14.7. The summed E-state index contributed by atoms with van der Waals surface area (Å²) in [6.07, 6.45) is 4.66. The van der Waals surface area contributed by atoms with Gasteiger partial charge in [-0.15, -0.1) is 0 Å². The Labute approximate surface area is 148 Å². The van der Waals surface area contributed by atoms with E-state index < -0.39 is 0 Å². The van der Waals surface area contributed by atoms with E-state index in [2.05, 4.69) is 16.3 Å². The number of aromatic nitrogens is 2. The average Bonchev–Trinajstić information content (AvgIpc) is 3.39. The molecule has 0 spiro atoms. The molecule has 1 aromatic heterocycles. The molecule has 1 amide bonds. The van der Waals surface area contributed by atoms with E-state index in [1.54, 1.807) is 0 Å². The lowest BCUT2D eigenvalue weighted by Gasteiger charge is -2.32. The van der Waals surface area contributed by atoms with Crippen LogP contribution < -0.4 is 4.74 Å². The van der Waals surface area contributed by atoms with Crippen molar-refractivity contribution in [3.05, 3.63) is 47.3 Å². The molecule has 4 rings (SSSR count). The molecule has 2 fully saturated rings. The van der Waals surface area contributed by atoms with Gasteiger partial charge < -0.3 is 9.64 Å². The van der Waals surface area contributed by atoms with Crippen LogP contribution in [0.1, 0.15) is 53.3 Å². The van der Waals surface area contributed by atoms with Crippen LogP contribution in [0.2, 0.25) is 0 Å². The minimum Gasteiger partial charge on any atom is -0.493 e. The highest BCUT2D eigenvalue weighted by Crippen LogP contribution is 2.30. The highest BCUT2D eigenvalue weighted by atomic mass is 16.5. The van der Waals surface area contributed by atoms with Gasteiger partial charge in [-0.1, -0.05) is 0 Å². The molecule has 25 heavy (non-hydrogen) atoms. The maximum Gasteiger partial charge on any atom is 0.253 e. The third-order valence-corrected chi connectivity index (χ3v) is 5.14. The van der Waals surface area contributed by atoms with Crippen molar-refractivity contribution in [2.75, 3.05) is 19.7 Å². The third-order valence-electron chi connectivity index (χ3n) is 5.14. The number of likely N-dealkylation sites (tertiary alicyclic amines) is 1. The van der Waals surface area contributed by atoms with E-state index in [0.29, 0.717) is 5.92 Å². The van der Waals surface area contributed by atoms with Crippen LogP contribution in [-0.4, -0.2) is 40.7 Å². The molecule has 1 N–H and O–H groups in total. The molecule has 2 aliphatic rings. The molecule has 1 unspecified atom stereocenters. The number of carbonyl (C=O) groups is 1. The van der Waals surface area contributed by atoms with Crippen LogP contribution in [-0.2, 0) is 0 Å². The molecule has 132 valence electrons. The molecule has 1 aliphatic carbocycles. The lowest BCUT2D eigenvalue weighted by atomic mass is 9.94. The second-order valence-corrected chi connectivity index (χ2v) is 7.34. The van der Waals surface area contributed by atoms with E-state index in [9.17, 15) is 4.79 Å². The minimum absolute atomic E-state index is 0.103. The maximum absolute atomic E-state index is 12.8. The second-order valence-electron chi connectivity index (χ2n) is 7.34. The number of rotatable bonds is 5. The fourth-order valence-electron chi connectivity index (χ4n) is 3.43. The van der Waals surface area contributed by atoms with Crippen molar-refractivity contribution in [1.29, 1.82) is 0 Å². The lowest BCUT2D eigenvalue weighted by molar-refractivity contribution is 0.0706. The van der Waals surface area contributed by atoms with Crippen LogP contribution in [0.4, 0.5) is 0 Å². The minimum atomic E-state index is 0.103. The number of hydrogen-bond donors (Lipinski definition) is 1. The van der Waals surface area contributed by atoms with E-state index in [-0.39, 0.29) is 5.91 Å². The Morgan fingerprint density at radius 2 is 2.08 bits per heavy atom. The Balaban J connectivity index is 1.39. The van der Waals surface area contributed by atoms with Crippen LogP contribution in [0.15, 0.2) is 30.3 Å².